The van der Waals surface area contributed by atoms with E-state index in [1.54, 1.807) is 42.5 Å². The van der Waals surface area contributed by atoms with Gasteiger partial charge in [-0.2, -0.15) is 5.26 Å². The Labute approximate surface area is 128 Å². The lowest BCUT2D eigenvalue weighted by Gasteiger charge is -2.11. The molecule has 0 aliphatic rings. The normalized spacial score (nSPS) is 9.76. The van der Waals surface area contributed by atoms with E-state index >= 15 is 0 Å². The van der Waals surface area contributed by atoms with E-state index < -0.39 is 0 Å². The Bertz CT molecular complexity index is 690. The highest BCUT2D eigenvalue weighted by Gasteiger charge is 2.12. The van der Waals surface area contributed by atoms with Gasteiger partial charge in [0.05, 0.1) is 17.2 Å². The van der Waals surface area contributed by atoms with E-state index in [9.17, 15) is 4.79 Å². The van der Waals surface area contributed by atoms with Crippen molar-refractivity contribution in [2.45, 2.75) is 6.92 Å². The molecule has 0 saturated carbocycles. The third-order valence-electron chi connectivity index (χ3n) is 2.87. The Morgan fingerprint density at radius 2 is 1.95 bits per heavy atom. The van der Waals surface area contributed by atoms with Crippen molar-refractivity contribution in [2.24, 2.45) is 0 Å². The van der Waals surface area contributed by atoms with Gasteiger partial charge in [-0.3, -0.25) is 4.79 Å². The van der Waals surface area contributed by atoms with Crippen LogP contribution in [0.15, 0.2) is 42.5 Å². The van der Waals surface area contributed by atoms with Gasteiger partial charge in [0.25, 0.3) is 5.91 Å². The predicted molar refractivity (Wildman–Crippen MR) is 84.7 cm³/mol. The number of nitrogens with zero attached hydrogens (tertiary/aromatic N) is 1. The Kier molecular flexibility index (Phi) is 4.81. The van der Waals surface area contributed by atoms with Gasteiger partial charge in [-0.05, 0) is 49.4 Å². The average molecular weight is 300 g/mol. The van der Waals surface area contributed by atoms with Crippen LogP contribution in [0.4, 0.5) is 11.4 Å². The number of benzene rings is 2. The molecule has 2 N–H and O–H groups in total. The second kappa shape index (κ2) is 6.78. The van der Waals surface area contributed by atoms with Gasteiger partial charge in [0.1, 0.15) is 0 Å². The first-order valence-corrected chi connectivity index (χ1v) is 6.86. The van der Waals surface area contributed by atoms with Crippen molar-refractivity contribution in [3.63, 3.8) is 0 Å². The molecule has 0 aliphatic heterocycles. The number of hydrogen-bond acceptors (Lipinski definition) is 3. The molecule has 0 radical (unpaired) electrons. The Morgan fingerprint density at radius 3 is 2.57 bits per heavy atom. The van der Waals surface area contributed by atoms with E-state index in [0.717, 1.165) is 5.69 Å². The van der Waals surface area contributed by atoms with Crippen molar-refractivity contribution in [2.75, 3.05) is 17.2 Å². The fourth-order valence-electron chi connectivity index (χ4n) is 1.88. The first kappa shape index (κ1) is 14.9. The molecule has 2 rings (SSSR count). The monoisotopic (exact) mass is 299 g/mol. The average Bonchev–Trinajstić information content (AvgIpc) is 2.50. The standard InChI is InChI=1S/C16H14ClN3O/c1-2-19-15-8-5-12(17)9-14(15)16(21)20-13-6-3-11(10-18)4-7-13/h3-9,19H,2H2,1H3,(H,20,21). The number of nitriles is 1. The quantitative estimate of drug-likeness (QED) is 0.900. The van der Waals surface area contributed by atoms with Crippen molar-refractivity contribution < 1.29 is 4.79 Å². The van der Waals surface area contributed by atoms with Gasteiger partial charge in [-0.15, -0.1) is 0 Å². The summed E-state index contributed by atoms with van der Waals surface area (Å²) in [5, 5.41) is 15.2. The Hall–Kier alpha value is -2.51. The minimum atomic E-state index is -0.252. The van der Waals surface area contributed by atoms with Crippen LogP contribution in [0.1, 0.15) is 22.8 Å². The molecule has 1 amide bonds. The van der Waals surface area contributed by atoms with E-state index in [1.165, 1.54) is 0 Å². The highest BCUT2D eigenvalue weighted by Crippen LogP contribution is 2.22. The molecular formula is C16H14ClN3O. The zero-order valence-corrected chi connectivity index (χ0v) is 12.2. The minimum absolute atomic E-state index is 0.252. The summed E-state index contributed by atoms with van der Waals surface area (Å²) in [7, 11) is 0. The topological polar surface area (TPSA) is 64.9 Å². The molecule has 0 unspecified atom stereocenters. The zero-order chi connectivity index (χ0) is 15.2. The molecule has 4 nitrogen and oxygen atoms in total. The summed E-state index contributed by atoms with van der Waals surface area (Å²) in [6.07, 6.45) is 0. The van der Waals surface area contributed by atoms with Crippen LogP contribution in [-0.2, 0) is 0 Å². The van der Waals surface area contributed by atoms with Gasteiger partial charge in [0.2, 0.25) is 0 Å². The van der Waals surface area contributed by atoms with Crippen LogP contribution >= 0.6 is 11.6 Å². The van der Waals surface area contributed by atoms with Crippen LogP contribution in [-0.4, -0.2) is 12.5 Å². The number of amides is 1. The van der Waals surface area contributed by atoms with Crippen LogP contribution in [0, 0.1) is 11.3 Å². The van der Waals surface area contributed by atoms with E-state index in [2.05, 4.69) is 10.6 Å². The van der Waals surface area contributed by atoms with Crippen molar-refractivity contribution >= 4 is 28.9 Å². The SMILES string of the molecule is CCNc1ccc(Cl)cc1C(=O)Nc1ccc(C#N)cc1. The smallest absolute Gasteiger partial charge is 0.257 e. The fraction of sp³-hybridized carbons (Fsp3) is 0.125. The molecule has 0 bridgehead atoms. The molecule has 0 heterocycles. The molecular weight excluding hydrogens is 286 g/mol. The first-order chi connectivity index (χ1) is 10.1. The van der Waals surface area contributed by atoms with E-state index in [1.807, 2.05) is 13.0 Å². The summed E-state index contributed by atoms with van der Waals surface area (Å²) < 4.78 is 0. The summed E-state index contributed by atoms with van der Waals surface area (Å²) in [6, 6.07) is 13.8. The number of anilines is 2. The maximum Gasteiger partial charge on any atom is 0.257 e. The van der Waals surface area contributed by atoms with Gasteiger partial charge in [-0.25, -0.2) is 0 Å². The molecule has 2 aromatic carbocycles. The van der Waals surface area contributed by atoms with Gasteiger partial charge in [0.15, 0.2) is 0 Å². The number of nitrogens with one attached hydrogen (secondary N) is 2. The van der Waals surface area contributed by atoms with Crippen LogP contribution in [0.2, 0.25) is 5.02 Å². The minimum Gasteiger partial charge on any atom is -0.385 e. The van der Waals surface area contributed by atoms with Gasteiger partial charge >= 0.3 is 0 Å². The summed E-state index contributed by atoms with van der Waals surface area (Å²) in [6.45, 7) is 2.66. The molecule has 0 aromatic heterocycles. The lowest BCUT2D eigenvalue weighted by atomic mass is 10.1. The number of hydrogen-bond donors (Lipinski definition) is 2. The van der Waals surface area contributed by atoms with Crippen molar-refractivity contribution in [1.29, 1.82) is 5.26 Å². The van der Waals surface area contributed by atoms with Gasteiger partial charge in [-0.1, -0.05) is 11.6 Å². The molecule has 106 valence electrons. The fourth-order valence-corrected chi connectivity index (χ4v) is 2.05. The van der Waals surface area contributed by atoms with Crippen molar-refractivity contribution in [3.8, 4) is 6.07 Å². The molecule has 2 aromatic rings. The molecule has 0 saturated heterocycles. The summed E-state index contributed by atoms with van der Waals surface area (Å²) >= 11 is 5.96. The van der Waals surface area contributed by atoms with Crippen molar-refractivity contribution in [3.05, 3.63) is 58.6 Å². The van der Waals surface area contributed by atoms with Crippen LogP contribution in [0.25, 0.3) is 0 Å². The lowest BCUT2D eigenvalue weighted by molar-refractivity contribution is 0.102. The van der Waals surface area contributed by atoms with E-state index in [-0.39, 0.29) is 5.91 Å². The van der Waals surface area contributed by atoms with Crippen LogP contribution in [0.3, 0.4) is 0 Å². The number of halogens is 1. The summed E-state index contributed by atoms with van der Waals surface area (Å²) in [5.41, 5.74) is 2.38. The number of carbonyl (C=O) groups excluding carboxylic acids is 1. The third-order valence-corrected chi connectivity index (χ3v) is 3.10. The lowest BCUT2D eigenvalue weighted by Crippen LogP contribution is -2.14. The number of rotatable bonds is 4. The highest BCUT2D eigenvalue weighted by molar-refractivity contribution is 6.31. The molecule has 0 atom stereocenters. The largest absolute Gasteiger partial charge is 0.385 e. The zero-order valence-electron chi connectivity index (χ0n) is 11.5. The molecule has 5 heteroatoms. The van der Waals surface area contributed by atoms with Crippen molar-refractivity contribution in [1.82, 2.24) is 0 Å². The molecule has 21 heavy (non-hydrogen) atoms. The Morgan fingerprint density at radius 1 is 1.24 bits per heavy atom. The maximum absolute atomic E-state index is 12.3. The van der Waals surface area contributed by atoms with Gasteiger partial charge < -0.3 is 10.6 Å². The number of carbonyl (C=O) groups is 1. The second-order valence-electron chi connectivity index (χ2n) is 4.36. The maximum atomic E-state index is 12.3. The second-order valence-corrected chi connectivity index (χ2v) is 4.80. The predicted octanol–water partition coefficient (Wildman–Crippen LogP) is 3.90. The first-order valence-electron chi connectivity index (χ1n) is 6.49. The molecule has 0 aliphatic carbocycles. The third kappa shape index (κ3) is 3.74. The summed E-state index contributed by atoms with van der Waals surface area (Å²) in [4.78, 5) is 12.3. The molecule has 0 fully saturated rings. The highest BCUT2D eigenvalue weighted by atomic mass is 35.5. The van der Waals surface area contributed by atoms with E-state index in [0.29, 0.717) is 28.4 Å². The van der Waals surface area contributed by atoms with Crippen LogP contribution < -0.4 is 10.6 Å². The Balaban J connectivity index is 2.23. The van der Waals surface area contributed by atoms with E-state index in [4.69, 9.17) is 16.9 Å². The summed E-state index contributed by atoms with van der Waals surface area (Å²) in [5.74, 6) is -0.252. The molecule has 0 spiro atoms. The van der Waals surface area contributed by atoms with Gasteiger partial charge in [0, 0.05) is 22.9 Å². The van der Waals surface area contributed by atoms with Crippen LogP contribution in [0.5, 0.6) is 0 Å².